The van der Waals surface area contributed by atoms with Gasteiger partial charge >= 0.3 is 0 Å². The monoisotopic (exact) mass is 256 g/mol. The maximum atomic E-state index is 10.0. The van der Waals surface area contributed by atoms with Gasteiger partial charge in [0, 0.05) is 31.7 Å². The van der Waals surface area contributed by atoms with Crippen LogP contribution < -0.4 is 0 Å². The molecule has 0 spiro atoms. The van der Waals surface area contributed by atoms with Gasteiger partial charge < -0.3 is 9.84 Å². The number of rotatable bonds is 5. The van der Waals surface area contributed by atoms with E-state index in [1.807, 2.05) is 13.8 Å². The lowest BCUT2D eigenvalue weighted by Gasteiger charge is -2.43. The third-order valence-electron chi connectivity index (χ3n) is 4.13. The van der Waals surface area contributed by atoms with Crippen molar-refractivity contribution in [1.29, 1.82) is 0 Å². The van der Waals surface area contributed by atoms with Crippen LogP contribution in [0.1, 0.15) is 33.6 Å². The molecule has 2 aliphatic heterocycles. The first-order valence-corrected chi connectivity index (χ1v) is 7.34. The molecule has 4 nitrogen and oxygen atoms in total. The van der Waals surface area contributed by atoms with Gasteiger partial charge in [-0.15, -0.1) is 0 Å². The van der Waals surface area contributed by atoms with Gasteiger partial charge in [-0.05, 0) is 40.2 Å². The molecule has 0 radical (unpaired) electrons. The molecule has 1 N–H and O–H groups in total. The minimum absolute atomic E-state index is 0.198. The lowest BCUT2D eigenvalue weighted by atomic mass is 10.1. The third-order valence-corrected chi connectivity index (χ3v) is 4.13. The van der Waals surface area contributed by atoms with Gasteiger partial charge in [0.25, 0.3) is 0 Å². The Morgan fingerprint density at radius 3 is 2.83 bits per heavy atom. The highest BCUT2D eigenvalue weighted by molar-refractivity contribution is 4.91. The zero-order valence-electron chi connectivity index (χ0n) is 12.0. The summed E-state index contributed by atoms with van der Waals surface area (Å²) >= 11 is 0. The fraction of sp³-hybridized carbons (Fsp3) is 1.00. The molecular weight excluding hydrogens is 228 g/mol. The van der Waals surface area contributed by atoms with E-state index in [9.17, 15) is 5.11 Å². The molecular formula is C14H28N2O2. The van der Waals surface area contributed by atoms with E-state index in [-0.39, 0.29) is 12.2 Å². The zero-order chi connectivity index (χ0) is 13.1. The number of β-amino-alcohol motifs (C(OH)–C–C–N with tert-alkyl or cyclic N) is 1. The summed E-state index contributed by atoms with van der Waals surface area (Å²) in [6.45, 7) is 11.0. The minimum atomic E-state index is -0.359. The van der Waals surface area contributed by atoms with Crippen molar-refractivity contribution in [2.24, 2.45) is 0 Å². The lowest BCUT2D eigenvalue weighted by Crippen LogP contribution is -2.56. The Hall–Kier alpha value is -0.160. The largest absolute Gasteiger partial charge is 0.389 e. The van der Waals surface area contributed by atoms with Gasteiger partial charge in [-0.2, -0.15) is 0 Å². The standard InChI is InChI=1S/C14H28N2O2/c1-11(2)18-10-14(17)9-16-8-13-5-4-6-15(13)7-12(16)3/h11-14,17H,4-10H2,1-3H3. The number of hydrogen-bond donors (Lipinski definition) is 1. The van der Waals surface area contributed by atoms with Gasteiger partial charge in [0.05, 0.1) is 18.8 Å². The van der Waals surface area contributed by atoms with Crippen LogP contribution >= 0.6 is 0 Å². The highest BCUT2D eigenvalue weighted by Crippen LogP contribution is 2.24. The highest BCUT2D eigenvalue weighted by Gasteiger charge is 2.34. The summed E-state index contributed by atoms with van der Waals surface area (Å²) in [5.41, 5.74) is 0. The van der Waals surface area contributed by atoms with Gasteiger partial charge in [0.1, 0.15) is 0 Å². The molecule has 3 atom stereocenters. The number of hydrogen-bond acceptors (Lipinski definition) is 4. The topological polar surface area (TPSA) is 35.9 Å². The van der Waals surface area contributed by atoms with E-state index in [2.05, 4.69) is 16.7 Å². The van der Waals surface area contributed by atoms with Gasteiger partial charge in [0.15, 0.2) is 0 Å². The van der Waals surface area contributed by atoms with E-state index >= 15 is 0 Å². The first-order chi connectivity index (χ1) is 8.56. The molecule has 0 aromatic carbocycles. The number of aliphatic hydroxyl groups is 1. The van der Waals surface area contributed by atoms with Crippen molar-refractivity contribution in [2.45, 2.75) is 57.9 Å². The molecule has 2 rings (SSSR count). The van der Waals surface area contributed by atoms with E-state index in [0.717, 1.165) is 25.7 Å². The summed E-state index contributed by atoms with van der Waals surface area (Å²) in [4.78, 5) is 5.04. The third kappa shape index (κ3) is 3.67. The fourth-order valence-electron chi connectivity index (χ4n) is 3.13. The van der Waals surface area contributed by atoms with Crippen LogP contribution in [-0.4, -0.2) is 72.0 Å². The Morgan fingerprint density at radius 2 is 2.11 bits per heavy atom. The van der Waals surface area contributed by atoms with Crippen LogP contribution in [-0.2, 0) is 4.74 Å². The number of nitrogens with zero attached hydrogens (tertiary/aromatic N) is 2. The zero-order valence-corrected chi connectivity index (χ0v) is 12.0. The minimum Gasteiger partial charge on any atom is -0.389 e. The van der Waals surface area contributed by atoms with Gasteiger partial charge in [-0.1, -0.05) is 0 Å². The average Bonchev–Trinajstić information content (AvgIpc) is 2.74. The Labute approximate surface area is 111 Å². The molecule has 2 fully saturated rings. The van der Waals surface area contributed by atoms with Crippen LogP contribution in [0.25, 0.3) is 0 Å². The number of piperazine rings is 1. The van der Waals surface area contributed by atoms with Gasteiger partial charge in [-0.25, -0.2) is 0 Å². The van der Waals surface area contributed by atoms with E-state index in [4.69, 9.17) is 4.74 Å². The molecule has 106 valence electrons. The van der Waals surface area contributed by atoms with Crippen molar-refractivity contribution in [3.63, 3.8) is 0 Å². The molecule has 2 heterocycles. The predicted octanol–water partition coefficient (Wildman–Crippen LogP) is 0.941. The molecule has 0 bridgehead atoms. The Balaban J connectivity index is 1.77. The van der Waals surface area contributed by atoms with Crippen molar-refractivity contribution >= 4 is 0 Å². The van der Waals surface area contributed by atoms with Crippen LogP contribution in [0, 0.1) is 0 Å². The van der Waals surface area contributed by atoms with Crippen LogP contribution in [0.15, 0.2) is 0 Å². The molecule has 4 heteroatoms. The molecule has 0 aromatic heterocycles. The molecule has 18 heavy (non-hydrogen) atoms. The molecule has 0 amide bonds. The number of aliphatic hydroxyl groups excluding tert-OH is 1. The first-order valence-electron chi connectivity index (χ1n) is 7.34. The molecule has 0 aliphatic carbocycles. The van der Waals surface area contributed by atoms with Crippen molar-refractivity contribution in [1.82, 2.24) is 9.80 Å². The Kier molecular flexibility index (Phi) is 5.01. The summed E-state index contributed by atoms with van der Waals surface area (Å²) in [7, 11) is 0. The van der Waals surface area contributed by atoms with E-state index < -0.39 is 0 Å². The fourth-order valence-corrected chi connectivity index (χ4v) is 3.13. The molecule has 2 saturated heterocycles. The number of ether oxygens (including phenoxy) is 1. The maximum Gasteiger partial charge on any atom is 0.0900 e. The highest BCUT2D eigenvalue weighted by atomic mass is 16.5. The van der Waals surface area contributed by atoms with Crippen molar-refractivity contribution in [3.05, 3.63) is 0 Å². The van der Waals surface area contributed by atoms with Crippen molar-refractivity contribution in [2.75, 3.05) is 32.8 Å². The predicted molar refractivity (Wildman–Crippen MR) is 72.7 cm³/mol. The maximum absolute atomic E-state index is 10.0. The second-order valence-electron chi connectivity index (χ2n) is 6.13. The summed E-state index contributed by atoms with van der Waals surface area (Å²) in [6, 6.07) is 1.27. The van der Waals surface area contributed by atoms with Crippen LogP contribution in [0.3, 0.4) is 0 Å². The molecule has 3 unspecified atom stereocenters. The summed E-state index contributed by atoms with van der Waals surface area (Å²) in [6.07, 6.45) is 2.50. The van der Waals surface area contributed by atoms with Gasteiger partial charge in [-0.3, -0.25) is 9.80 Å². The Morgan fingerprint density at radius 1 is 1.33 bits per heavy atom. The first kappa shape index (κ1) is 14.3. The number of fused-ring (bicyclic) bond motifs is 1. The molecule has 2 aliphatic rings. The Bertz CT molecular complexity index is 260. The van der Waals surface area contributed by atoms with Crippen molar-refractivity contribution in [3.8, 4) is 0 Å². The molecule has 0 saturated carbocycles. The van der Waals surface area contributed by atoms with E-state index in [1.54, 1.807) is 0 Å². The molecule has 0 aromatic rings. The SMILES string of the molecule is CC(C)OCC(O)CN1CC2CCCN2CC1C. The van der Waals surface area contributed by atoms with Crippen molar-refractivity contribution < 1.29 is 9.84 Å². The quantitative estimate of drug-likeness (QED) is 0.794. The van der Waals surface area contributed by atoms with Crippen LogP contribution in [0.5, 0.6) is 0 Å². The smallest absolute Gasteiger partial charge is 0.0900 e. The van der Waals surface area contributed by atoms with E-state index in [0.29, 0.717) is 12.6 Å². The summed E-state index contributed by atoms with van der Waals surface area (Å²) in [5.74, 6) is 0. The summed E-state index contributed by atoms with van der Waals surface area (Å²) in [5, 5.41) is 10.0. The second-order valence-corrected chi connectivity index (χ2v) is 6.13. The normalized spacial score (nSPS) is 31.8. The van der Waals surface area contributed by atoms with E-state index in [1.165, 1.54) is 19.4 Å². The van der Waals surface area contributed by atoms with Gasteiger partial charge in [0.2, 0.25) is 0 Å². The lowest BCUT2D eigenvalue weighted by molar-refractivity contribution is -0.0289. The average molecular weight is 256 g/mol. The van der Waals surface area contributed by atoms with Crippen LogP contribution in [0.4, 0.5) is 0 Å². The van der Waals surface area contributed by atoms with Crippen LogP contribution in [0.2, 0.25) is 0 Å². The second kappa shape index (κ2) is 6.33. The summed E-state index contributed by atoms with van der Waals surface area (Å²) < 4.78 is 5.48.